The van der Waals surface area contributed by atoms with E-state index in [2.05, 4.69) is 25.3 Å². The molecule has 0 saturated heterocycles. The van der Waals surface area contributed by atoms with Gasteiger partial charge in [0.05, 0.1) is 4.90 Å². The lowest BCUT2D eigenvalue weighted by molar-refractivity contribution is 0.442. The Kier molecular flexibility index (Phi) is 4.29. The van der Waals surface area contributed by atoms with Crippen LogP contribution in [0.1, 0.15) is 0 Å². The van der Waals surface area contributed by atoms with E-state index in [4.69, 9.17) is 15.6 Å². The van der Waals surface area contributed by atoms with Crippen LogP contribution in [-0.2, 0) is 10.0 Å². The van der Waals surface area contributed by atoms with Crippen LogP contribution in [-0.4, -0.2) is 28.4 Å². The van der Waals surface area contributed by atoms with Crippen molar-refractivity contribution in [1.82, 2.24) is 19.9 Å². The second-order valence-corrected chi connectivity index (χ2v) is 7.38. The number of primary sulfonamides is 1. The summed E-state index contributed by atoms with van der Waals surface area (Å²) < 4.78 is 28.3. The topological polar surface area (TPSA) is 162 Å². The molecule has 10 nitrogen and oxygen atoms in total. The van der Waals surface area contributed by atoms with Gasteiger partial charge in [0.15, 0.2) is 0 Å². The fourth-order valence-corrected chi connectivity index (χ4v) is 3.05. The fraction of sp³-hybridized carbons (Fsp3) is 0. The lowest BCUT2D eigenvalue weighted by Gasteiger charge is -2.08. The number of nitrogens with two attached hydrogens (primary N) is 2. The maximum Gasteiger partial charge on any atom is 0.328 e. The molecule has 0 amide bonds. The first-order valence-corrected chi connectivity index (χ1v) is 9.58. The fourth-order valence-electron chi connectivity index (χ4n) is 2.53. The average molecular weight is 397 g/mol. The van der Waals surface area contributed by atoms with Gasteiger partial charge in [-0.1, -0.05) is 0 Å². The number of nitrogens with one attached hydrogen (secondary N) is 2. The molecule has 0 bridgehead atoms. The van der Waals surface area contributed by atoms with Gasteiger partial charge in [-0.25, -0.2) is 13.6 Å². The predicted octanol–water partition coefficient (Wildman–Crippen LogP) is 2.12. The molecule has 0 aliphatic heterocycles. The summed E-state index contributed by atoms with van der Waals surface area (Å²) in [7, 11) is -3.76. The van der Waals surface area contributed by atoms with E-state index in [1.807, 2.05) is 24.4 Å². The van der Waals surface area contributed by atoms with E-state index >= 15 is 0 Å². The quantitative estimate of drug-likeness (QED) is 0.398. The van der Waals surface area contributed by atoms with Crippen molar-refractivity contribution in [3.63, 3.8) is 0 Å². The number of hydrogen-bond acceptors (Lipinski definition) is 8. The summed E-state index contributed by atoms with van der Waals surface area (Å²) in [5, 5.41) is 8.98. The maximum absolute atomic E-state index is 11.3. The Morgan fingerprint density at radius 3 is 2.54 bits per heavy atom. The molecule has 2 aromatic heterocycles. The van der Waals surface area contributed by atoms with Gasteiger partial charge in [0.1, 0.15) is 5.75 Å². The Balaban J connectivity index is 1.56. The Hall–Kier alpha value is -3.70. The Morgan fingerprint density at radius 1 is 1.00 bits per heavy atom. The van der Waals surface area contributed by atoms with Crippen molar-refractivity contribution in [1.29, 1.82) is 0 Å². The van der Waals surface area contributed by atoms with Crippen molar-refractivity contribution in [2.45, 2.75) is 4.90 Å². The first-order valence-electron chi connectivity index (χ1n) is 8.03. The van der Waals surface area contributed by atoms with Crippen LogP contribution < -0.4 is 20.9 Å². The number of sulfonamides is 1. The van der Waals surface area contributed by atoms with E-state index in [0.29, 0.717) is 11.4 Å². The van der Waals surface area contributed by atoms with E-state index in [0.717, 1.165) is 10.9 Å². The molecule has 11 heteroatoms. The number of H-pyrrole nitrogens is 1. The van der Waals surface area contributed by atoms with Gasteiger partial charge in [-0.2, -0.15) is 15.0 Å². The molecule has 0 fully saturated rings. The van der Waals surface area contributed by atoms with E-state index in [9.17, 15) is 8.42 Å². The summed E-state index contributed by atoms with van der Waals surface area (Å²) in [5.41, 5.74) is 7.26. The first-order chi connectivity index (χ1) is 13.4. The largest absolute Gasteiger partial charge is 0.424 e. The highest BCUT2D eigenvalue weighted by Crippen LogP contribution is 2.24. The molecule has 142 valence electrons. The molecule has 0 atom stereocenters. The number of benzene rings is 2. The molecule has 0 unspecified atom stereocenters. The molecular weight excluding hydrogens is 382 g/mol. The zero-order valence-corrected chi connectivity index (χ0v) is 15.1. The molecule has 0 aliphatic rings. The zero-order valence-electron chi connectivity index (χ0n) is 14.3. The van der Waals surface area contributed by atoms with Gasteiger partial charge < -0.3 is 20.8 Å². The molecule has 4 rings (SSSR count). The second kappa shape index (κ2) is 6.79. The van der Waals surface area contributed by atoms with Crippen LogP contribution in [0.3, 0.4) is 0 Å². The molecule has 0 saturated carbocycles. The third-order valence-corrected chi connectivity index (χ3v) is 4.73. The average Bonchev–Trinajstić information content (AvgIpc) is 3.08. The van der Waals surface area contributed by atoms with Crippen LogP contribution in [0, 0.1) is 0 Å². The van der Waals surface area contributed by atoms with Crippen LogP contribution >= 0.6 is 0 Å². The molecule has 2 heterocycles. The van der Waals surface area contributed by atoms with Crippen molar-refractivity contribution in [3.8, 4) is 11.8 Å². The minimum absolute atomic E-state index is 0.00242. The highest BCUT2D eigenvalue weighted by Gasteiger charge is 2.10. The number of nitrogen functional groups attached to an aromatic ring is 1. The van der Waals surface area contributed by atoms with Crippen molar-refractivity contribution in [2.75, 3.05) is 11.1 Å². The maximum atomic E-state index is 11.3. The molecule has 4 aromatic rings. The smallest absolute Gasteiger partial charge is 0.328 e. The number of fused-ring (bicyclic) bond motifs is 1. The number of ether oxygens (including phenoxy) is 1. The zero-order chi connectivity index (χ0) is 19.7. The summed E-state index contributed by atoms with van der Waals surface area (Å²) in [6, 6.07) is 13.2. The van der Waals surface area contributed by atoms with Crippen molar-refractivity contribution in [2.24, 2.45) is 5.14 Å². The van der Waals surface area contributed by atoms with Gasteiger partial charge in [-0.3, -0.25) is 0 Å². The monoisotopic (exact) mass is 397 g/mol. The number of aromatic nitrogens is 4. The number of anilines is 3. The Labute approximate surface area is 159 Å². The van der Waals surface area contributed by atoms with Crippen LogP contribution in [0.5, 0.6) is 11.8 Å². The van der Waals surface area contributed by atoms with Gasteiger partial charge in [0, 0.05) is 22.8 Å². The Bertz CT molecular complexity index is 1250. The summed E-state index contributed by atoms with van der Waals surface area (Å²) in [5.74, 6) is 0.658. The third kappa shape index (κ3) is 3.84. The highest BCUT2D eigenvalue weighted by atomic mass is 32.2. The third-order valence-electron chi connectivity index (χ3n) is 3.81. The van der Waals surface area contributed by atoms with E-state index in [-0.39, 0.29) is 22.8 Å². The molecule has 6 N–H and O–H groups in total. The van der Waals surface area contributed by atoms with Gasteiger partial charge in [0.25, 0.3) is 0 Å². The van der Waals surface area contributed by atoms with Gasteiger partial charge >= 0.3 is 6.01 Å². The lowest BCUT2D eigenvalue weighted by Crippen LogP contribution is -2.12. The molecule has 0 spiro atoms. The van der Waals surface area contributed by atoms with Crippen LogP contribution in [0.15, 0.2) is 59.6 Å². The van der Waals surface area contributed by atoms with E-state index in [1.54, 1.807) is 6.07 Å². The minimum atomic E-state index is -3.76. The number of nitrogens with zero attached hydrogens (tertiary/aromatic N) is 3. The number of rotatable bonds is 5. The van der Waals surface area contributed by atoms with Crippen LogP contribution in [0.4, 0.5) is 17.6 Å². The normalized spacial score (nSPS) is 11.5. The lowest BCUT2D eigenvalue weighted by atomic mass is 10.2. The summed E-state index contributed by atoms with van der Waals surface area (Å²) in [6.45, 7) is 0. The summed E-state index contributed by atoms with van der Waals surface area (Å²) in [4.78, 5) is 15.2. The molecular formula is C17H15N7O3S. The predicted molar refractivity (Wildman–Crippen MR) is 104 cm³/mol. The van der Waals surface area contributed by atoms with E-state index in [1.165, 1.54) is 24.3 Å². The second-order valence-electron chi connectivity index (χ2n) is 5.82. The molecule has 28 heavy (non-hydrogen) atoms. The van der Waals surface area contributed by atoms with Crippen molar-refractivity contribution in [3.05, 3.63) is 54.7 Å². The number of aromatic amines is 1. The summed E-state index contributed by atoms with van der Waals surface area (Å²) in [6.07, 6.45) is 1.83. The SMILES string of the molecule is Nc1nc(Nc2ccc(S(N)(=O)=O)cc2)nc(Oc2ccc3[nH]ccc3c2)n1. The van der Waals surface area contributed by atoms with Gasteiger partial charge in [-0.15, -0.1) is 0 Å². The first kappa shape index (κ1) is 17.7. The number of hydrogen-bond donors (Lipinski definition) is 4. The highest BCUT2D eigenvalue weighted by molar-refractivity contribution is 7.89. The standard InChI is InChI=1S/C17H15N7O3S/c18-15-22-16(21-11-1-4-13(5-2-11)28(19,25)26)24-17(23-15)27-12-3-6-14-10(9-12)7-8-20-14/h1-9,20H,(H2,19,25,26)(H3,18,21,22,23,24). The van der Waals surface area contributed by atoms with E-state index < -0.39 is 10.0 Å². The Morgan fingerprint density at radius 2 is 1.79 bits per heavy atom. The van der Waals surface area contributed by atoms with Gasteiger partial charge in [0.2, 0.25) is 21.9 Å². The van der Waals surface area contributed by atoms with Crippen LogP contribution in [0.25, 0.3) is 10.9 Å². The molecule has 0 radical (unpaired) electrons. The minimum Gasteiger partial charge on any atom is -0.424 e. The van der Waals surface area contributed by atoms with Crippen molar-refractivity contribution < 1.29 is 13.2 Å². The van der Waals surface area contributed by atoms with Crippen molar-refractivity contribution >= 4 is 38.5 Å². The molecule has 2 aromatic carbocycles. The van der Waals surface area contributed by atoms with Crippen LogP contribution in [0.2, 0.25) is 0 Å². The van der Waals surface area contributed by atoms with Gasteiger partial charge in [-0.05, 0) is 48.5 Å². The summed E-state index contributed by atoms with van der Waals surface area (Å²) >= 11 is 0. The molecule has 0 aliphatic carbocycles.